The molecule has 1 heterocycles. The van der Waals surface area contributed by atoms with Gasteiger partial charge in [0.25, 0.3) is 0 Å². The molecule has 0 radical (unpaired) electrons. The molecule has 2 unspecified atom stereocenters. The van der Waals surface area contributed by atoms with E-state index in [0.717, 1.165) is 31.7 Å². The van der Waals surface area contributed by atoms with Crippen molar-refractivity contribution in [3.8, 4) is 5.75 Å². The van der Waals surface area contributed by atoms with Crippen molar-refractivity contribution in [1.29, 1.82) is 0 Å². The van der Waals surface area contributed by atoms with Gasteiger partial charge in [-0.3, -0.25) is 4.90 Å². The number of fused-ring (bicyclic) bond motifs is 1. The van der Waals surface area contributed by atoms with Crippen LogP contribution in [-0.4, -0.2) is 30.6 Å². The van der Waals surface area contributed by atoms with Crippen LogP contribution in [-0.2, 0) is 6.54 Å². The third-order valence-corrected chi connectivity index (χ3v) is 4.55. The van der Waals surface area contributed by atoms with E-state index in [0.29, 0.717) is 12.1 Å². The molecule has 2 atom stereocenters. The minimum absolute atomic E-state index is 0.375. The van der Waals surface area contributed by atoms with Crippen LogP contribution in [0.15, 0.2) is 36.4 Å². The Morgan fingerprint density at radius 1 is 1.19 bits per heavy atom. The zero-order valence-corrected chi connectivity index (χ0v) is 12.9. The number of rotatable bonds is 3. The summed E-state index contributed by atoms with van der Waals surface area (Å²) in [5.74, 6) is 0.911. The Bertz CT molecular complexity index is 626. The Morgan fingerprint density at radius 3 is 2.71 bits per heavy atom. The lowest BCUT2D eigenvalue weighted by atomic mass is 9.98. The molecule has 1 aliphatic rings. The molecule has 3 nitrogen and oxygen atoms in total. The normalized spacial score (nSPS) is 23.4. The first-order chi connectivity index (χ1) is 10.2. The van der Waals surface area contributed by atoms with Gasteiger partial charge in [-0.1, -0.05) is 18.2 Å². The van der Waals surface area contributed by atoms with Crippen LogP contribution in [0.2, 0.25) is 0 Å². The van der Waals surface area contributed by atoms with Crippen LogP contribution < -0.4 is 10.5 Å². The minimum Gasteiger partial charge on any atom is -0.497 e. The van der Waals surface area contributed by atoms with Crippen LogP contribution in [0.1, 0.15) is 25.3 Å². The highest BCUT2D eigenvalue weighted by Gasteiger charge is 2.22. The predicted molar refractivity (Wildman–Crippen MR) is 87.6 cm³/mol. The number of piperidine rings is 1. The molecule has 1 aliphatic heterocycles. The number of likely N-dealkylation sites (tertiary alicyclic amines) is 1. The predicted octanol–water partition coefficient (Wildman–Crippen LogP) is 3.16. The van der Waals surface area contributed by atoms with Gasteiger partial charge in [0.2, 0.25) is 0 Å². The van der Waals surface area contributed by atoms with Crippen molar-refractivity contribution >= 4 is 10.8 Å². The van der Waals surface area contributed by atoms with Gasteiger partial charge in [0.1, 0.15) is 5.75 Å². The fourth-order valence-corrected chi connectivity index (χ4v) is 3.23. The fraction of sp³-hybridized carbons (Fsp3) is 0.444. The summed E-state index contributed by atoms with van der Waals surface area (Å²) in [4.78, 5) is 2.54. The number of hydrogen-bond acceptors (Lipinski definition) is 3. The molecule has 1 fully saturated rings. The molecule has 2 aromatic rings. The molecule has 0 saturated carbocycles. The average molecular weight is 284 g/mol. The number of methoxy groups -OCH3 is 1. The van der Waals surface area contributed by atoms with Crippen LogP contribution in [0.5, 0.6) is 5.75 Å². The van der Waals surface area contributed by atoms with E-state index >= 15 is 0 Å². The number of benzene rings is 2. The minimum atomic E-state index is 0.375. The summed E-state index contributed by atoms with van der Waals surface area (Å²) in [5, 5.41) is 2.50. The maximum absolute atomic E-state index is 6.04. The molecule has 3 heteroatoms. The van der Waals surface area contributed by atoms with Crippen molar-refractivity contribution in [1.82, 2.24) is 4.90 Å². The van der Waals surface area contributed by atoms with E-state index in [4.69, 9.17) is 10.5 Å². The summed E-state index contributed by atoms with van der Waals surface area (Å²) < 4.78 is 5.28. The van der Waals surface area contributed by atoms with E-state index in [1.165, 1.54) is 16.3 Å². The first-order valence-electron chi connectivity index (χ1n) is 7.72. The second-order valence-electron chi connectivity index (χ2n) is 6.15. The Kier molecular flexibility index (Phi) is 4.13. The van der Waals surface area contributed by atoms with Gasteiger partial charge in [-0.2, -0.15) is 0 Å². The summed E-state index contributed by atoms with van der Waals surface area (Å²) in [6.45, 7) is 4.39. The molecule has 112 valence electrons. The van der Waals surface area contributed by atoms with E-state index in [9.17, 15) is 0 Å². The summed E-state index contributed by atoms with van der Waals surface area (Å²) in [5.41, 5.74) is 7.41. The largest absolute Gasteiger partial charge is 0.497 e. The molecule has 0 aliphatic carbocycles. The third-order valence-electron chi connectivity index (χ3n) is 4.55. The second kappa shape index (κ2) is 6.04. The monoisotopic (exact) mass is 284 g/mol. The molecule has 21 heavy (non-hydrogen) atoms. The van der Waals surface area contributed by atoms with E-state index in [1.54, 1.807) is 7.11 Å². The van der Waals surface area contributed by atoms with Gasteiger partial charge in [0, 0.05) is 25.2 Å². The quantitative estimate of drug-likeness (QED) is 0.941. The van der Waals surface area contributed by atoms with Crippen molar-refractivity contribution in [3.63, 3.8) is 0 Å². The zero-order valence-electron chi connectivity index (χ0n) is 12.9. The molecule has 0 aromatic heterocycles. The van der Waals surface area contributed by atoms with Crippen LogP contribution >= 0.6 is 0 Å². The first kappa shape index (κ1) is 14.4. The van der Waals surface area contributed by atoms with E-state index in [1.807, 2.05) is 6.07 Å². The number of hydrogen-bond donors (Lipinski definition) is 1. The van der Waals surface area contributed by atoms with Crippen molar-refractivity contribution < 1.29 is 4.74 Å². The zero-order chi connectivity index (χ0) is 14.8. The molecule has 0 bridgehead atoms. The topological polar surface area (TPSA) is 38.5 Å². The van der Waals surface area contributed by atoms with Crippen molar-refractivity contribution in [2.75, 3.05) is 13.7 Å². The standard InChI is InChI=1S/C18H24N2O/c1-13-9-17(19)7-8-20(13)12-14-3-4-16-11-18(21-2)6-5-15(16)10-14/h3-6,10-11,13,17H,7-9,12,19H2,1-2H3. The second-order valence-corrected chi connectivity index (χ2v) is 6.15. The molecule has 3 rings (SSSR count). The van der Waals surface area contributed by atoms with Gasteiger partial charge in [-0.05, 0) is 54.3 Å². The van der Waals surface area contributed by atoms with Crippen molar-refractivity contribution in [2.45, 2.75) is 38.4 Å². The first-order valence-corrected chi connectivity index (χ1v) is 7.72. The SMILES string of the molecule is COc1ccc2cc(CN3CCC(N)CC3C)ccc2c1. The number of nitrogens with two attached hydrogens (primary N) is 1. The maximum Gasteiger partial charge on any atom is 0.119 e. The van der Waals surface area contributed by atoms with Crippen LogP contribution in [0.4, 0.5) is 0 Å². The van der Waals surface area contributed by atoms with Crippen molar-refractivity contribution in [2.24, 2.45) is 5.73 Å². The summed E-state index contributed by atoms with van der Waals surface area (Å²) >= 11 is 0. The molecular weight excluding hydrogens is 260 g/mol. The van der Waals surface area contributed by atoms with Crippen LogP contribution in [0.25, 0.3) is 10.8 Å². The van der Waals surface area contributed by atoms with E-state index in [2.05, 4.69) is 42.2 Å². The highest BCUT2D eigenvalue weighted by atomic mass is 16.5. The van der Waals surface area contributed by atoms with Gasteiger partial charge < -0.3 is 10.5 Å². The van der Waals surface area contributed by atoms with E-state index < -0.39 is 0 Å². The van der Waals surface area contributed by atoms with Gasteiger partial charge in [0.05, 0.1) is 7.11 Å². The molecule has 0 spiro atoms. The highest BCUT2D eigenvalue weighted by molar-refractivity contribution is 5.84. The molecule has 2 aromatic carbocycles. The van der Waals surface area contributed by atoms with E-state index in [-0.39, 0.29) is 0 Å². The Hall–Kier alpha value is -1.58. The molecular formula is C18H24N2O. The van der Waals surface area contributed by atoms with Gasteiger partial charge in [0.15, 0.2) is 0 Å². The number of nitrogens with zero attached hydrogens (tertiary/aromatic N) is 1. The summed E-state index contributed by atoms with van der Waals surface area (Å²) in [6.07, 6.45) is 2.21. The van der Waals surface area contributed by atoms with Crippen LogP contribution in [0, 0.1) is 0 Å². The smallest absolute Gasteiger partial charge is 0.119 e. The fourth-order valence-electron chi connectivity index (χ4n) is 3.23. The Labute approximate surface area is 126 Å². The maximum atomic E-state index is 6.04. The summed E-state index contributed by atoms with van der Waals surface area (Å²) in [7, 11) is 1.71. The summed E-state index contributed by atoms with van der Waals surface area (Å²) in [6, 6.07) is 13.9. The number of ether oxygens (including phenoxy) is 1. The lowest BCUT2D eigenvalue weighted by molar-refractivity contribution is 0.140. The van der Waals surface area contributed by atoms with Crippen molar-refractivity contribution in [3.05, 3.63) is 42.0 Å². The molecule has 0 amide bonds. The molecule has 1 saturated heterocycles. The Morgan fingerprint density at radius 2 is 1.95 bits per heavy atom. The van der Waals surface area contributed by atoms with Gasteiger partial charge >= 0.3 is 0 Å². The van der Waals surface area contributed by atoms with Gasteiger partial charge in [-0.15, -0.1) is 0 Å². The lowest BCUT2D eigenvalue weighted by Gasteiger charge is -2.36. The van der Waals surface area contributed by atoms with Gasteiger partial charge in [-0.25, -0.2) is 0 Å². The Balaban J connectivity index is 1.78. The molecule has 2 N–H and O–H groups in total. The average Bonchev–Trinajstić information content (AvgIpc) is 2.49. The lowest BCUT2D eigenvalue weighted by Crippen LogP contribution is -2.44. The van der Waals surface area contributed by atoms with Crippen LogP contribution in [0.3, 0.4) is 0 Å². The third kappa shape index (κ3) is 3.20. The highest BCUT2D eigenvalue weighted by Crippen LogP contribution is 2.24.